The largest absolute Gasteiger partial charge is 0.497 e. The maximum Gasteiger partial charge on any atom is 0.328 e. The van der Waals surface area contributed by atoms with Crippen LogP contribution in [-0.4, -0.2) is 28.6 Å². The molecule has 0 heterocycles. The van der Waals surface area contributed by atoms with Crippen LogP contribution in [0.3, 0.4) is 0 Å². The minimum atomic E-state index is -1.38. The van der Waals surface area contributed by atoms with Crippen molar-refractivity contribution < 1.29 is 18.5 Å². The van der Waals surface area contributed by atoms with Crippen molar-refractivity contribution in [2.75, 3.05) is 13.7 Å². The van der Waals surface area contributed by atoms with Crippen molar-refractivity contribution in [3.8, 4) is 5.75 Å². The summed E-state index contributed by atoms with van der Waals surface area (Å²) in [6.45, 7) is 7.53. The van der Waals surface area contributed by atoms with E-state index in [0.29, 0.717) is 11.3 Å². The van der Waals surface area contributed by atoms with Crippen LogP contribution in [0.15, 0.2) is 24.3 Å². The molecule has 1 unspecified atom stereocenters. The molecule has 0 amide bonds. The van der Waals surface area contributed by atoms with E-state index in [4.69, 9.17) is 9.47 Å². The molecule has 5 nitrogen and oxygen atoms in total. The fourth-order valence-corrected chi connectivity index (χ4v) is 2.36. The Hall–Kier alpha value is -1.40. The molecule has 0 saturated carbocycles. The number of methoxy groups -OCH3 is 1. The highest BCUT2D eigenvalue weighted by Gasteiger charge is 2.28. The minimum Gasteiger partial charge on any atom is -0.497 e. The summed E-state index contributed by atoms with van der Waals surface area (Å²) in [7, 11) is 0.193. The van der Waals surface area contributed by atoms with Crippen molar-refractivity contribution in [1.82, 2.24) is 4.72 Å². The van der Waals surface area contributed by atoms with E-state index in [1.807, 2.05) is 20.8 Å². The lowest BCUT2D eigenvalue weighted by molar-refractivity contribution is -0.145. The van der Waals surface area contributed by atoms with Gasteiger partial charge in [0.05, 0.1) is 29.4 Å². The Labute approximate surface area is 128 Å². The molecule has 0 fully saturated rings. The van der Waals surface area contributed by atoms with E-state index < -0.39 is 27.7 Å². The third kappa shape index (κ3) is 5.13. The maximum absolute atomic E-state index is 12.2. The zero-order valence-electron chi connectivity index (χ0n) is 13.1. The van der Waals surface area contributed by atoms with E-state index in [-0.39, 0.29) is 6.61 Å². The third-order valence-electron chi connectivity index (χ3n) is 2.75. The van der Waals surface area contributed by atoms with Crippen LogP contribution in [0.2, 0.25) is 0 Å². The second-order valence-corrected chi connectivity index (χ2v) is 7.46. The summed E-state index contributed by atoms with van der Waals surface area (Å²) in [4.78, 5) is 12.1. The molecule has 1 aromatic rings. The van der Waals surface area contributed by atoms with Crippen LogP contribution in [0, 0.1) is 0 Å². The molecule has 0 aliphatic rings. The van der Waals surface area contributed by atoms with Gasteiger partial charge in [0.2, 0.25) is 0 Å². The van der Waals surface area contributed by atoms with Crippen LogP contribution in [0.25, 0.3) is 0 Å². The molecule has 0 radical (unpaired) electrons. The van der Waals surface area contributed by atoms with Gasteiger partial charge in [0.15, 0.2) is 0 Å². The zero-order chi connectivity index (χ0) is 16.0. The van der Waals surface area contributed by atoms with Crippen LogP contribution in [0.1, 0.15) is 39.3 Å². The first-order chi connectivity index (χ1) is 9.79. The molecule has 0 saturated heterocycles. The molecule has 0 aliphatic heterocycles. The predicted octanol–water partition coefficient (Wildman–Crippen LogP) is 2.35. The van der Waals surface area contributed by atoms with E-state index in [1.54, 1.807) is 38.3 Å². The quantitative estimate of drug-likeness (QED) is 0.819. The SMILES string of the molecule is CCOC(=O)[C@H](NS(=O)C(C)(C)C)c1ccc(OC)cc1. The summed E-state index contributed by atoms with van der Waals surface area (Å²) in [6, 6.07) is 6.25. The Morgan fingerprint density at radius 1 is 1.29 bits per heavy atom. The molecule has 0 aromatic heterocycles. The maximum atomic E-state index is 12.2. The molecule has 1 N–H and O–H groups in total. The van der Waals surface area contributed by atoms with E-state index in [9.17, 15) is 9.00 Å². The Bertz CT molecular complexity index is 493. The van der Waals surface area contributed by atoms with Gasteiger partial charge in [0, 0.05) is 0 Å². The van der Waals surface area contributed by atoms with Crippen molar-refractivity contribution in [3.05, 3.63) is 29.8 Å². The molecule has 0 bridgehead atoms. The highest BCUT2D eigenvalue weighted by Crippen LogP contribution is 2.21. The fourth-order valence-electron chi connectivity index (χ4n) is 1.56. The Balaban J connectivity index is 3.01. The summed E-state index contributed by atoms with van der Waals surface area (Å²) in [5.41, 5.74) is 0.687. The van der Waals surface area contributed by atoms with Crippen molar-refractivity contribution in [3.63, 3.8) is 0 Å². The number of carbonyl (C=O) groups is 1. The van der Waals surface area contributed by atoms with Gasteiger partial charge in [-0.05, 0) is 45.4 Å². The second kappa shape index (κ2) is 7.56. The van der Waals surface area contributed by atoms with Gasteiger partial charge in [-0.3, -0.25) is 0 Å². The first-order valence-electron chi connectivity index (χ1n) is 6.78. The van der Waals surface area contributed by atoms with Gasteiger partial charge in [-0.1, -0.05) is 12.1 Å². The number of carbonyl (C=O) groups excluding carboxylic acids is 1. The van der Waals surface area contributed by atoms with Crippen molar-refractivity contribution in [2.24, 2.45) is 0 Å². The van der Waals surface area contributed by atoms with E-state index >= 15 is 0 Å². The molecular formula is C15H23NO4S. The van der Waals surface area contributed by atoms with Crippen LogP contribution in [-0.2, 0) is 20.5 Å². The molecule has 0 aliphatic carbocycles. The van der Waals surface area contributed by atoms with Crippen LogP contribution in [0.4, 0.5) is 0 Å². The van der Waals surface area contributed by atoms with E-state index in [1.165, 1.54) is 0 Å². The first-order valence-corrected chi connectivity index (χ1v) is 7.93. The number of nitrogens with one attached hydrogen (secondary N) is 1. The number of hydrogen-bond acceptors (Lipinski definition) is 4. The highest BCUT2D eigenvalue weighted by molar-refractivity contribution is 7.84. The Kier molecular flexibility index (Phi) is 6.36. The van der Waals surface area contributed by atoms with Crippen molar-refractivity contribution in [1.29, 1.82) is 0 Å². The smallest absolute Gasteiger partial charge is 0.328 e. The van der Waals surface area contributed by atoms with Crippen LogP contribution >= 0.6 is 0 Å². The number of benzene rings is 1. The van der Waals surface area contributed by atoms with Gasteiger partial charge >= 0.3 is 5.97 Å². The van der Waals surface area contributed by atoms with Gasteiger partial charge in [-0.15, -0.1) is 0 Å². The highest BCUT2D eigenvalue weighted by atomic mass is 32.2. The minimum absolute atomic E-state index is 0.273. The second-order valence-electron chi connectivity index (χ2n) is 5.46. The summed E-state index contributed by atoms with van der Waals surface area (Å²) in [5.74, 6) is 0.249. The monoisotopic (exact) mass is 313 g/mol. The molecule has 2 atom stereocenters. The van der Waals surface area contributed by atoms with E-state index in [0.717, 1.165) is 0 Å². The average molecular weight is 313 g/mol. The van der Waals surface area contributed by atoms with Gasteiger partial charge in [-0.25, -0.2) is 13.7 Å². The molecular weight excluding hydrogens is 290 g/mol. The lowest BCUT2D eigenvalue weighted by atomic mass is 10.1. The molecule has 0 spiro atoms. The molecule has 1 rings (SSSR count). The number of rotatable bonds is 6. The lowest BCUT2D eigenvalue weighted by Gasteiger charge is -2.23. The fraction of sp³-hybridized carbons (Fsp3) is 0.533. The average Bonchev–Trinajstić information content (AvgIpc) is 2.43. The summed E-state index contributed by atoms with van der Waals surface area (Å²) in [6.07, 6.45) is 0. The van der Waals surface area contributed by atoms with E-state index in [2.05, 4.69) is 4.72 Å². The molecule has 1 aromatic carbocycles. The summed E-state index contributed by atoms with van der Waals surface area (Å²) < 4.78 is 24.8. The summed E-state index contributed by atoms with van der Waals surface area (Å²) in [5, 5.41) is 0. The number of hydrogen-bond donors (Lipinski definition) is 1. The zero-order valence-corrected chi connectivity index (χ0v) is 14.0. The first kappa shape index (κ1) is 17.7. The molecule has 118 valence electrons. The van der Waals surface area contributed by atoms with Gasteiger partial charge in [0.1, 0.15) is 11.8 Å². The Morgan fingerprint density at radius 2 is 1.86 bits per heavy atom. The van der Waals surface area contributed by atoms with Crippen LogP contribution < -0.4 is 9.46 Å². The third-order valence-corrected chi connectivity index (χ3v) is 4.31. The number of esters is 1. The molecule has 6 heteroatoms. The van der Waals surface area contributed by atoms with Crippen molar-refractivity contribution in [2.45, 2.75) is 38.5 Å². The standard InChI is InChI=1S/C15H23NO4S/c1-6-20-14(17)13(16-21(18)15(2,3)4)11-7-9-12(19-5)10-8-11/h7-10,13,16H,6H2,1-5H3/t13-,21?/m1/s1. The van der Waals surface area contributed by atoms with Crippen LogP contribution in [0.5, 0.6) is 5.75 Å². The van der Waals surface area contributed by atoms with Gasteiger partial charge < -0.3 is 9.47 Å². The summed E-state index contributed by atoms with van der Waals surface area (Å²) >= 11 is 0. The topological polar surface area (TPSA) is 64.6 Å². The number of ether oxygens (including phenoxy) is 2. The predicted molar refractivity (Wildman–Crippen MR) is 83.4 cm³/mol. The van der Waals surface area contributed by atoms with Crippen molar-refractivity contribution >= 4 is 17.0 Å². The molecule has 21 heavy (non-hydrogen) atoms. The Morgan fingerprint density at radius 3 is 2.29 bits per heavy atom. The van der Waals surface area contributed by atoms with Gasteiger partial charge in [-0.2, -0.15) is 0 Å². The normalized spacial score (nSPS) is 14.3. The lowest BCUT2D eigenvalue weighted by Crippen LogP contribution is -2.39. The van der Waals surface area contributed by atoms with Gasteiger partial charge in [0.25, 0.3) is 0 Å².